The van der Waals surface area contributed by atoms with Crippen molar-refractivity contribution < 1.29 is 21.6 Å². The molecule has 4 aromatic rings. The number of aromatic nitrogens is 3. The van der Waals surface area contributed by atoms with Gasteiger partial charge in [0.1, 0.15) is 5.82 Å². The van der Waals surface area contributed by atoms with Gasteiger partial charge in [0, 0.05) is 37.5 Å². The Kier molecular flexibility index (Phi) is 5.62. The Hall–Kier alpha value is -3.44. The fraction of sp³-hybridized carbons (Fsp3) is 0.182. The van der Waals surface area contributed by atoms with Gasteiger partial charge in [0.15, 0.2) is 5.65 Å². The molecule has 0 saturated heterocycles. The van der Waals surface area contributed by atoms with E-state index in [0.29, 0.717) is 22.8 Å². The Morgan fingerprint density at radius 3 is 2.30 bits per heavy atom. The zero-order valence-corrected chi connectivity index (χ0v) is 18.7. The van der Waals surface area contributed by atoms with Crippen LogP contribution in [-0.4, -0.2) is 41.4 Å². The van der Waals surface area contributed by atoms with Crippen molar-refractivity contribution in [1.29, 1.82) is 0 Å². The average Bonchev–Trinajstić information content (AvgIpc) is 3.14. The van der Waals surface area contributed by atoms with E-state index in [-0.39, 0.29) is 16.2 Å². The van der Waals surface area contributed by atoms with E-state index < -0.39 is 21.8 Å². The largest absolute Gasteiger partial charge is 0.417 e. The van der Waals surface area contributed by atoms with Gasteiger partial charge < -0.3 is 5.32 Å². The van der Waals surface area contributed by atoms with Gasteiger partial charge in [-0.2, -0.15) is 22.8 Å². The summed E-state index contributed by atoms with van der Waals surface area (Å²) in [6, 6.07) is 14.4. The van der Waals surface area contributed by atoms with E-state index in [1.54, 1.807) is 25.1 Å². The number of nitrogens with zero attached hydrogens (tertiary/aromatic N) is 4. The van der Waals surface area contributed by atoms with Gasteiger partial charge in [0.2, 0.25) is 10.0 Å². The van der Waals surface area contributed by atoms with E-state index in [9.17, 15) is 21.6 Å². The summed E-state index contributed by atoms with van der Waals surface area (Å²) >= 11 is 0. The van der Waals surface area contributed by atoms with Gasteiger partial charge in [-0.05, 0) is 37.3 Å². The first-order valence-electron chi connectivity index (χ1n) is 9.80. The normalized spacial score (nSPS) is 12.5. The van der Waals surface area contributed by atoms with Crippen molar-refractivity contribution in [3.05, 3.63) is 71.9 Å². The molecule has 172 valence electrons. The highest BCUT2D eigenvalue weighted by Gasteiger charge is 2.34. The minimum atomic E-state index is -4.54. The molecule has 0 bridgehead atoms. The van der Waals surface area contributed by atoms with Gasteiger partial charge >= 0.3 is 6.18 Å². The number of hydrogen-bond acceptors (Lipinski definition) is 5. The summed E-state index contributed by atoms with van der Waals surface area (Å²) < 4.78 is 67.9. The fourth-order valence-corrected chi connectivity index (χ4v) is 4.24. The molecule has 0 fully saturated rings. The van der Waals surface area contributed by atoms with Crippen LogP contribution in [0, 0.1) is 6.92 Å². The van der Waals surface area contributed by atoms with E-state index in [2.05, 4.69) is 15.4 Å². The maximum Gasteiger partial charge on any atom is 0.417 e. The zero-order chi connectivity index (χ0) is 24.0. The minimum absolute atomic E-state index is 0.0539. The summed E-state index contributed by atoms with van der Waals surface area (Å²) in [5, 5.41) is 7.47. The van der Waals surface area contributed by atoms with Gasteiger partial charge in [-0.15, -0.1) is 0 Å². The first kappa shape index (κ1) is 22.7. The standard InChI is InChI=1S/C22H20F3N5O2S/c1-14-12-20-27-19(17-6-4-5-7-18(17)22(23,24)25)13-21(30(20)28-14)26-15-8-10-16(11-9-15)33(31,32)29(2)3/h4-13,26H,1-3H3. The molecule has 0 unspecified atom stereocenters. The van der Waals surface area contributed by atoms with Gasteiger partial charge in [-0.1, -0.05) is 18.2 Å². The number of hydrogen-bond donors (Lipinski definition) is 1. The van der Waals surface area contributed by atoms with E-state index >= 15 is 0 Å². The maximum atomic E-state index is 13.6. The van der Waals surface area contributed by atoms with Crippen LogP contribution in [-0.2, 0) is 16.2 Å². The molecule has 0 amide bonds. The molecular formula is C22H20F3N5O2S. The molecule has 0 saturated carbocycles. The lowest BCUT2D eigenvalue weighted by Crippen LogP contribution is -2.22. The maximum absolute atomic E-state index is 13.6. The van der Waals surface area contributed by atoms with Crippen LogP contribution in [0.15, 0.2) is 65.6 Å². The van der Waals surface area contributed by atoms with E-state index in [1.165, 1.54) is 55.0 Å². The van der Waals surface area contributed by atoms with Gasteiger partial charge in [-0.3, -0.25) is 0 Å². The lowest BCUT2D eigenvalue weighted by Gasteiger charge is -2.15. The molecule has 0 atom stereocenters. The van der Waals surface area contributed by atoms with Gasteiger partial charge in [0.25, 0.3) is 0 Å². The quantitative estimate of drug-likeness (QED) is 0.452. The molecule has 0 radical (unpaired) electrons. The lowest BCUT2D eigenvalue weighted by atomic mass is 10.0. The van der Waals surface area contributed by atoms with Crippen LogP contribution >= 0.6 is 0 Å². The first-order chi connectivity index (χ1) is 15.5. The molecule has 0 aliphatic carbocycles. The molecule has 2 heterocycles. The Morgan fingerprint density at radius 1 is 1.00 bits per heavy atom. The summed E-state index contributed by atoms with van der Waals surface area (Å²) in [4.78, 5) is 4.50. The molecule has 0 aliphatic heterocycles. The van der Waals surface area contributed by atoms with E-state index in [1.807, 2.05) is 0 Å². The minimum Gasteiger partial charge on any atom is -0.340 e. The molecular weight excluding hydrogens is 455 g/mol. The van der Waals surface area contributed by atoms with Crippen molar-refractivity contribution in [3.63, 3.8) is 0 Å². The summed E-state index contributed by atoms with van der Waals surface area (Å²) in [7, 11) is -0.708. The van der Waals surface area contributed by atoms with E-state index in [0.717, 1.165) is 10.4 Å². The van der Waals surface area contributed by atoms with Crippen LogP contribution in [0.2, 0.25) is 0 Å². The smallest absolute Gasteiger partial charge is 0.340 e. The van der Waals surface area contributed by atoms with Crippen molar-refractivity contribution in [2.45, 2.75) is 18.0 Å². The highest BCUT2D eigenvalue weighted by Crippen LogP contribution is 2.37. The highest BCUT2D eigenvalue weighted by molar-refractivity contribution is 7.89. The molecule has 33 heavy (non-hydrogen) atoms. The monoisotopic (exact) mass is 475 g/mol. The van der Waals surface area contributed by atoms with Crippen LogP contribution in [0.3, 0.4) is 0 Å². The number of benzene rings is 2. The molecule has 2 aromatic heterocycles. The van der Waals surface area contributed by atoms with Crippen LogP contribution < -0.4 is 5.32 Å². The lowest BCUT2D eigenvalue weighted by molar-refractivity contribution is -0.137. The van der Waals surface area contributed by atoms with Crippen molar-refractivity contribution in [2.75, 3.05) is 19.4 Å². The van der Waals surface area contributed by atoms with Crippen molar-refractivity contribution in [1.82, 2.24) is 18.9 Å². The molecule has 2 aromatic carbocycles. The number of aryl methyl sites for hydroxylation is 1. The average molecular weight is 475 g/mol. The van der Waals surface area contributed by atoms with Crippen LogP contribution in [0.5, 0.6) is 0 Å². The van der Waals surface area contributed by atoms with Crippen molar-refractivity contribution in [2.24, 2.45) is 0 Å². The third-order valence-corrected chi connectivity index (χ3v) is 6.79. The highest BCUT2D eigenvalue weighted by atomic mass is 32.2. The number of nitrogens with one attached hydrogen (secondary N) is 1. The number of fused-ring (bicyclic) bond motifs is 1. The SMILES string of the molecule is Cc1cc2nc(-c3ccccc3C(F)(F)F)cc(Nc3ccc(S(=O)(=O)N(C)C)cc3)n2n1. The summed E-state index contributed by atoms with van der Waals surface area (Å²) in [6.07, 6.45) is -4.54. The van der Waals surface area contributed by atoms with Crippen molar-refractivity contribution in [3.8, 4) is 11.3 Å². The molecule has 0 aliphatic rings. The number of rotatable bonds is 5. The van der Waals surface area contributed by atoms with Crippen LogP contribution in [0.1, 0.15) is 11.3 Å². The summed E-state index contributed by atoms with van der Waals surface area (Å²) in [5.74, 6) is 0.378. The Labute approximate surface area is 188 Å². The predicted molar refractivity (Wildman–Crippen MR) is 119 cm³/mol. The topological polar surface area (TPSA) is 79.6 Å². The molecule has 11 heteroatoms. The summed E-state index contributed by atoms with van der Waals surface area (Å²) in [6.45, 7) is 1.75. The third-order valence-electron chi connectivity index (χ3n) is 4.96. The van der Waals surface area contributed by atoms with Gasteiger partial charge in [0.05, 0.1) is 21.8 Å². The molecule has 4 rings (SSSR count). The second-order valence-corrected chi connectivity index (χ2v) is 9.71. The summed E-state index contributed by atoms with van der Waals surface area (Å²) in [5.41, 5.74) is 0.827. The Balaban J connectivity index is 1.80. The molecule has 7 nitrogen and oxygen atoms in total. The fourth-order valence-electron chi connectivity index (χ4n) is 3.34. The predicted octanol–water partition coefficient (Wildman–Crippen LogP) is 4.72. The van der Waals surface area contributed by atoms with Crippen molar-refractivity contribution >= 4 is 27.2 Å². The second kappa shape index (κ2) is 8.16. The first-order valence-corrected chi connectivity index (χ1v) is 11.2. The molecule has 0 spiro atoms. The Bertz CT molecular complexity index is 1430. The van der Waals surface area contributed by atoms with Crippen LogP contribution in [0.4, 0.5) is 24.7 Å². The zero-order valence-electron chi connectivity index (χ0n) is 17.9. The number of alkyl halides is 3. The number of anilines is 2. The third kappa shape index (κ3) is 4.41. The van der Waals surface area contributed by atoms with Gasteiger partial charge in [-0.25, -0.2) is 17.7 Å². The van der Waals surface area contributed by atoms with Crippen LogP contribution in [0.25, 0.3) is 16.9 Å². The Morgan fingerprint density at radius 2 is 1.67 bits per heavy atom. The molecule has 1 N–H and O–H groups in total. The number of sulfonamides is 1. The second-order valence-electron chi connectivity index (χ2n) is 7.56. The van der Waals surface area contributed by atoms with E-state index in [4.69, 9.17) is 0 Å². The number of halogens is 3.